The number of amides is 1. The van der Waals surface area contributed by atoms with E-state index >= 15 is 0 Å². The number of nitrogens with zero attached hydrogens (tertiary/aromatic N) is 4. The summed E-state index contributed by atoms with van der Waals surface area (Å²) in [5.74, 6) is -0.330. The Morgan fingerprint density at radius 3 is 2.47 bits per heavy atom. The fourth-order valence-electron chi connectivity index (χ4n) is 4.91. The minimum Gasteiger partial charge on any atom is -0.481 e. The van der Waals surface area contributed by atoms with Crippen molar-refractivity contribution in [2.24, 2.45) is 0 Å². The average molecular weight is 561 g/mol. The van der Waals surface area contributed by atoms with Crippen molar-refractivity contribution in [2.45, 2.75) is 85.0 Å². The summed E-state index contributed by atoms with van der Waals surface area (Å²) in [5, 5.41) is 18.7. The van der Waals surface area contributed by atoms with Crippen molar-refractivity contribution >= 4 is 52.1 Å². The second-order valence-corrected chi connectivity index (χ2v) is 11.5. The van der Waals surface area contributed by atoms with E-state index in [9.17, 15) is 19.6 Å². The van der Waals surface area contributed by atoms with E-state index in [0.717, 1.165) is 12.8 Å². The highest BCUT2D eigenvalue weighted by molar-refractivity contribution is 8.26. The lowest BCUT2D eigenvalue weighted by molar-refractivity contribution is -0.137. The summed E-state index contributed by atoms with van der Waals surface area (Å²) in [6.07, 6.45) is 5.35. The molecule has 0 aliphatic carbocycles. The largest absolute Gasteiger partial charge is 0.481 e. The second kappa shape index (κ2) is 13.4. The van der Waals surface area contributed by atoms with E-state index in [1.807, 2.05) is 13.8 Å². The summed E-state index contributed by atoms with van der Waals surface area (Å²) in [6.45, 7) is 9.86. The number of morpholine rings is 1. The standard InChI is InChI=1S/C27H36N4O5S2/c1-5-6-11-30-24(29-15-17(2)36-18(3)16-29)20(19(4)21(14-28)25(30)34)13-22-26(35)31(27(37)38-22)12-9-7-8-10-23(32)33/h13,17-18H,5-12,15-16H2,1-4H3,(H,32,33)/b22-13+. The van der Waals surface area contributed by atoms with Gasteiger partial charge in [-0.1, -0.05) is 43.7 Å². The number of carboxylic acids is 1. The van der Waals surface area contributed by atoms with E-state index in [0.29, 0.717) is 71.6 Å². The number of anilines is 1. The van der Waals surface area contributed by atoms with Crippen molar-refractivity contribution in [1.82, 2.24) is 9.47 Å². The molecule has 0 bridgehead atoms. The Kier molecular flexibility index (Phi) is 10.5. The van der Waals surface area contributed by atoms with Crippen molar-refractivity contribution in [2.75, 3.05) is 24.5 Å². The van der Waals surface area contributed by atoms with Gasteiger partial charge in [0.2, 0.25) is 0 Å². The summed E-state index contributed by atoms with van der Waals surface area (Å²) < 4.78 is 8.08. The van der Waals surface area contributed by atoms with Crippen LogP contribution in [0.3, 0.4) is 0 Å². The molecule has 0 aromatic carbocycles. The van der Waals surface area contributed by atoms with Gasteiger partial charge in [-0.05, 0) is 51.7 Å². The van der Waals surface area contributed by atoms with Gasteiger partial charge in [0, 0.05) is 38.2 Å². The Hall–Kier alpha value is -2.68. The van der Waals surface area contributed by atoms with Gasteiger partial charge in [-0.2, -0.15) is 5.26 Å². The molecule has 0 spiro atoms. The number of aliphatic carboxylic acids is 1. The van der Waals surface area contributed by atoms with Crippen LogP contribution in [0.1, 0.15) is 76.0 Å². The van der Waals surface area contributed by atoms with E-state index < -0.39 is 5.97 Å². The molecule has 3 rings (SSSR count). The van der Waals surface area contributed by atoms with E-state index in [1.165, 1.54) is 11.8 Å². The fraction of sp³-hybridized carbons (Fsp3) is 0.593. The lowest BCUT2D eigenvalue weighted by Gasteiger charge is -2.39. The molecule has 2 fully saturated rings. The lowest BCUT2D eigenvalue weighted by Crippen LogP contribution is -2.48. The van der Waals surface area contributed by atoms with Crippen LogP contribution in [0.5, 0.6) is 0 Å². The van der Waals surface area contributed by atoms with Gasteiger partial charge in [0.15, 0.2) is 0 Å². The number of hydrogen-bond acceptors (Lipinski definition) is 8. The SMILES string of the molecule is CCCCn1c(N2CC(C)OC(C)C2)c(/C=C2/SC(=S)N(CCCCCC(=O)O)C2=O)c(C)c(C#N)c1=O. The van der Waals surface area contributed by atoms with Gasteiger partial charge >= 0.3 is 5.97 Å². The normalized spacial score (nSPS) is 20.9. The van der Waals surface area contributed by atoms with Crippen LogP contribution >= 0.6 is 24.0 Å². The number of thiocarbonyl (C=S) groups is 1. The second-order valence-electron chi connectivity index (χ2n) is 9.86. The maximum atomic E-state index is 13.4. The number of carboxylic acid groups (broad SMARTS) is 1. The molecular weight excluding hydrogens is 524 g/mol. The number of nitriles is 1. The highest BCUT2D eigenvalue weighted by Crippen LogP contribution is 2.36. The Balaban J connectivity index is 2.04. The summed E-state index contributed by atoms with van der Waals surface area (Å²) >= 11 is 6.72. The van der Waals surface area contributed by atoms with Gasteiger partial charge < -0.3 is 14.7 Å². The third-order valence-electron chi connectivity index (χ3n) is 6.72. The molecule has 206 valence electrons. The van der Waals surface area contributed by atoms with Gasteiger partial charge in [-0.3, -0.25) is 23.9 Å². The van der Waals surface area contributed by atoms with Crippen LogP contribution in [-0.2, 0) is 20.9 Å². The minimum atomic E-state index is -0.828. The Morgan fingerprint density at radius 1 is 1.18 bits per heavy atom. The number of thioether (sulfide) groups is 1. The molecule has 1 N–H and O–H groups in total. The highest BCUT2D eigenvalue weighted by Gasteiger charge is 2.34. The van der Waals surface area contributed by atoms with Crippen LogP contribution in [0.4, 0.5) is 5.82 Å². The van der Waals surface area contributed by atoms with E-state index in [4.69, 9.17) is 22.1 Å². The molecule has 3 heterocycles. The number of rotatable bonds is 11. The number of carbonyl (C=O) groups excluding carboxylic acids is 1. The van der Waals surface area contributed by atoms with Crippen molar-refractivity contribution in [1.29, 1.82) is 5.26 Å². The molecule has 2 atom stereocenters. The zero-order valence-electron chi connectivity index (χ0n) is 22.5. The Bertz CT molecular complexity index is 1210. The molecule has 2 aliphatic heterocycles. The van der Waals surface area contributed by atoms with Crippen LogP contribution in [0.2, 0.25) is 0 Å². The Labute approximate surface area is 233 Å². The summed E-state index contributed by atoms with van der Waals surface area (Å²) in [5.41, 5.74) is 0.997. The van der Waals surface area contributed by atoms with E-state index in [-0.39, 0.29) is 35.7 Å². The number of ether oxygens (including phenoxy) is 1. The van der Waals surface area contributed by atoms with Crippen molar-refractivity contribution in [3.63, 3.8) is 0 Å². The van der Waals surface area contributed by atoms with Gasteiger partial charge in [0.05, 0.1) is 17.1 Å². The molecule has 1 aromatic rings. The molecule has 2 aliphatic rings. The number of unbranched alkanes of at least 4 members (excludes halogenated alkanes) is 3. The summed E-state index contributed by atoms with van der Waals surface area (Å²) in [4.78, 5) is 41.7. The molecule has 38 heavy (non-hydrogen) atoms. The minimum absolute atomic E-state index is 0.0448. The van der Waals surface area contributed by atoms with Crippen molar-refractivity contribution in [3.8, 4) is 6.07 Å². The third kappa shape index (κ3) is 6.84. The van der Waals surface area contributed by atoms with Crippen LogP contribution in [0.25, 0.3) is 6.08 Å². The van der Waals surface area contributed by atoms with Crippen LogP contribution in [0.15, 0.2) is 9.70 Å². The molecule has 1 aromatic heterocycles. The molecule has 2 unspecified atom stereocenters. The zero-order valence-corrected chi connectivity index (χ0v) is 24.1. The third-order valence-corrected chi connectivity index (χ3v) is 8.10. The predicted octanol–water partition coefficient (Wildman–Crippen LogP) is 4.29. The van der Waals surface area contributed by atoms with Gasteiger partial charge in [0.1, 0.15) is 21.8 Å². The first-order valence-electron chi connectivity index (χ1n) is 13.1. The first-order chi connectivity index (χ1) is 18.1. The number of aromatic nitrogens is 1. The monoisotopic (exact) mass is 560 g/mol. The first-order valence-corrected chi connectivity index (χ1v) is 14.4. The molecular formula is C27H36N4O5S2. The van der Waals surface area contributed by atoms with Crippen LogP contribution in [0, 0.1) is 18.3 Å². The number of hydrogen-bond donors (Lipinski definition) is 1. The van der Waals surface area contributed by atoms with Crippen molar-refractivity contribution < 1.29 is 19.4 Å². The van der Waals surface area contributed by atoms with Crippen molar-refractivity contribution in [3.05, 3.63) is 31.9 Å². The molecule has 11 heteroatoms. The smallest absolute Gasteiger partial charge is 0.303 e. The van der Waals surface area contributed by atoms with Gasteiger partial charge in [0.25, 0.3) is 11.5 Å². The first kappa shape index (κ1) is 29.9. The predicted molar refractivity (Wildman–Crippen MR) is 153 cm³/mol. The van der Waals surface area contributed by atoms with E-state index in [2.05, 4.69) is 17.9 Å². The summed E-state index contributed by atoms with van der Waals surface area (Å²) in [7, 11) is 0. The topological polar surface area (TPSA) is 116 Å². The van der Waals surface area contributed by atoms with Crippen LogP contribution in [-0.4, -0.2) is 62.6 Å². The molecule has 0 saturated carbocycles. The quantitative estimate of drug-likeness (QED) is 0.240. The molecule has 1 amide bonds. The molecule has 0 radical (unpaired) electrons. The number of carbonyl (C=O) groups is 2. The average Bonchev–Trinajstić information content (AvgIpc) is 3.11. The van der Waals surface area contributed by atoms with Gasteiger partial charge in [-0.25, -0.2) is 0 Å². The number of pyridine rings is 1. The molecule has 2 saturated heterocycles. The zero-order chi connectivity index (χ0) is 28.0. The maximum Gasteiger partial charge on any atom is 0.303 e. The highest BCUT2D eigenvalue weighted by atomic mass is 32.2. The molecule has 9 nitrogen and oxygen atoms in total. The van der Waals surface area contributed by atoms with E-state index in [1.54, 1.807) is 22.5 Å². The Morgan fingerprint density at radius 2 is 1.87 bits per heavy atom. The fourth-order valence-corrected chi connectivity index (χ4v) is 6.20. The van der Waals surface area contributed by atoms with Gasteiger partial charge in [-0.15, -0.1) is 0 Å². The lowest BCUT2D eigenvalue weighted by atomic mass is 10.0. The maximum absolute atomic E-state index is 13.4. The van der Waals surface area contributed by atoms with Crippen LogP contribution < -0.4 is 10.5 Å². The summed E-state index contributed by atoms with van der Waals surface area (Å²) in [6, 6.07) is 2.09.